The van der Waals surface area contributed by atoms with E-state index in [-0.39, 0.29) is 5.76 Å². The second-order valence-corrected chi connectivity index (χ2v) is 1.50. The van der Waals surface area contributed by atoms with Crippen molar-refractivity contribution in [2.45, 2.75) is 12.8 Å². The molecule has 37 valence electrons. The molecule has 0 aromatic heterocycles. The van der Waals surface area contributed by atoms with E-state index in [1.165, 1.54) is 0 Å². The van der Waals surface area contributed by atoms with Gasteiger partial charge in [-0.3, -0.25) is 0 Å². The predicted octanol–water partition coefficient (Wildman–Crippen LogP) is 1.58. The van der Waals surface area contributed by atoms with Crippen LogP contribution in [0.25, 0.3) is 0 Å². The molecular formula is C6H7O. The van der Waals surface area contributed by atoms with Crippen molar-refractivity contribution in [1.29, 1.82) is 0 Å². The largest absolute Gasteiger partial charge is 0.508 e. The SMILES string of the molecule is OC1=[C]CCC=C1. The molecule has 1 heteroatoms. The average molecular weight is 95.1 g/mol. The van der Waals surface area contributed by atoms with E-state index in [4.69, 9.17) is 5.11 Å². The molecule has 0 atom stereocenters. The average Bonchev–Trinajstić information content (AvgIpc) is 1.69. The molecule has 1 rings (SSSR count). The van der Waals surface area contributed by atoms with Crippen LogP contribution in [0.5, 0.6) is 0 Å². The number of hydrogen-bond acceptors (Lipinski definition) is 1. The molecule has 0 bridgehead atoms. The van der Waals surface area contributed by atoms with Gasteiger partial charge in [-0.05, 0) is 18.9 Å². The van der Waals surface area contributed by atoms with Crippen LogP contribution in [-0.2, 0) is 0 Å². The topological polar surface area (TPSA) is 20.2 Å². The molecule has 0 fully saturated rings. The third kappa shape index (κ3) is 1.07. The molecule has 0 saturated carbocycles. The van der Waals surface area contributed by atoms with Crippen molar-refractivity contribution in [1.82, 2.24) is 0 Å². The van der Waals surface area contributed by atoms with Crippen LogP contribution >= 0.6 is 0 Å². The third-order valence-electron chi connectivity index (χ3n) is 0.893. The maximum absolute atomic E-state index is 8.63. The van der Waals surface area contributed by atoms with E-state index in [2.05, 4.69) is 6.08 Å². The van der Waals surface area contributed by atoms with Crippen LogP contribution in [0.15, 0.2) is 17.9 Å². The molecule has 0 amide bonds. The number of hydrogen-bond donors (Lipinski definition) is 1. The summed E-state index contributed by atoms with van der Waals surface area (Å²) in [4.78, 5) is 0. The summed E-state index contributed by atoms with van der Waals surface area (Å²) in [6.07, 6.45) is 8.26. The Labute approximate surface area is 43.0 Å². The first-order valence-corrected chi connectivity index (χ1v) is 2.36. The van der Waals surface area contributed by atoms with Crippen molar-refractivity contribution in [3.63, 3.8) is 0 Å². The van der Waals surface area contributed by atoms with Crippen LogP contribution in [0.3, 0.4) is 0 Å². The minimum atomic E-state index is 0.284. The highest BCUT2D eigenvalue weighted by molar-refractivity contribution is 5.10. The monoisotopic (exact) mass is 95.0 g/mol. The van der Waals surface area contributed by atoms with E-state index in [0.717, 1.165) is 12.8 Å². The van der Waals surface area contributed by atoms with E-state index < -0.39 is 0 Å². The summed E-state index contributed by atoms with van der Waals surface area (Å²) in [5, 5.41) is 8.63. The van der Waals surface area contributed by atoms with Crippen LogP contribution in [-0.4, -0.2) is 5.11 Å². The molecule has 0 aromatic rings. The third-order valence-corrected chi connectivity index (χ3v) is 0.893. The summed E-state index contributed by atoms with van der Waals surface area (Å²) in [5.74, 6) is 0.284. The Morgan fingerprint density at radius 1 is 1.71 bits per heavy atom. The van der Waals surface area contributed by atoms with E-state index >= 15 is 0 Å². The summed E-state index contributed by atoms with van der Waals surface area (Å²) in [7, 11) is 0. The fraction of sp³-hybridized carbons (Fsp3) is 0.333. The predicted molar refractivity (Wildman–Crippen MR) is 27.8 cm³/mol. The van der Waals surface area contributed by atoms with Crippen LogP contribution in [0, 0.1) is 6.08 Å². The zero-order valence-electron chi connectivity index (χ0n) is 4.02. The van der Waals surface area contributed by atoms with E-state index in [0.29, 0.717) is 0 Å². The summed E-state index contributed by atoms with van der Waals surface area (Å²) >= 11 is 0. The summed E-state index contributed by atoms with van der Waals surface area (Å²) in [6.45, 7) is 0. The van der Waals surface area contributed by atoms with Gasteiger partial charge in [-0.15, -0.1) is 0 Å². The molecular weight excluding hydrogens is 88.1 g/mol. The number of allylic oxidation sites excluding steroid dienone is 3. The molecule has 0 saturated heterocycles. The maximum Gasteiger partial charge on any atom is 0.118 e. The lowest BCUT2D eigenvalue weighted by Gasteiger charge is -1.94. The van der Waals surface area contributed by atoms with Gasteiger partial charge in [0.1, 0.15) is 5.76 Å². The second kappa shape index (κ2) is 1.82. The Morgan fingerprint density at radius 3 is 2.86 bits per heavy atom. The first kappa shape index (κ1) is 4.44. The summed E-state index contributed by atoms with van der Waals surface area (Å²) in [6, 6.07) is 0. The molecule has 0 aromatic carbocycles. The first-order valence-electron chi connectivity index (χ1n) is 2.36. The zero-order valence-corrected chi connectivity index (χ0v) is 4.02. The highest BCUT2D eigenvalue weighted by Gasteiger charge is 1.89. The molecule has 0 unspecified atom stereocenters. The highest BCUT2D eigenvalue weighted by Crippen LogP contribution is 2.03. The lowest BCUT2D eigenvalue weighted by atomic mass is 10.2. The van der Waals surface area contributed by atoms with Gasteiger partial charge in [0.25, 0.3) is 0 Å². The Balaban J connectivity index is 2.58. The Bertz CT molecular complexity index is 111. The van der Waals surface area contributed by atoms with Gasteiger partial charge < -0.3 is 5.11 Å². The molecule has 1 N–H and O–H groups in total. The minimum absolute atomic E-state index is 0.284. The fourth-order valence-electron chi connectivity index (χ4n) is 0.537. The van der Waals surface area contributed by atoms with Crippen LogP contribution in [0.2, 0.25) is 0 Å². The van der Waals surface area contributed by atoms with Gasteiger partial charge in [-0.1, -0.05) is 6.08 Å². The minimum Gasteiger partial charge on any atom is -0.508 e. The number of rotatable bonds is 0. The van der Waals surface area contributed by atoms with Crippen LogP contribution < -0.4 is 0 Å². The highest BCUT2D eigenvalue weighted by atomic mass is 16.3. The Morgan fingerprint density at radius 2 is 2.57 bits per heavy atom. The van der Waals surface area contributed by atoms with Crippen molar-refractivity contribution in [2.24, 2.45) is 0 Å². The fourth-order valence-corrected chi connectivity index (χ4v) is 0.537. The van der Waals surface area contributed by atoms with Crippen LogP contribution in [0.1, 0.15) is 12.8 Å². The van der Waals surface area contributed by atoms with Gasteiger partial charge in [-0.25, -0.2) is 0 Å². The van der Waals surface area contributed by atoms with Crippen molar-refractivity contribution < 1.29 is 5.11 Å². The van der Waals surface area contributed by atoms with Gasteiger partial charge >= 0.3 is 0 Å². The lowest BCUT2D eigenvalue weighted by molar-refractivity contribution is 0.423. The van der Waals surface area contributed by atoms with Crippen molar-refractivity contribution in [3.05, 3.63) is 24.0 Å². The Hall–Kier alpha value is -0.720. The summed E-state index contributed by atoms with van der Waals surface area (Å²) in [5.41, 5.74) is 0. The van der Waals surface area contributed by atoms with Gasteiger partial charge in [-0.2, -0.15) is 0 Å². The normalized spacial score (nSPS) is 19.1. The molecule has 0 heterocycles. The van der Waals surface area contributed by atoms with Crippen molar-refractivity contribution in [3.8, 4) is 0 Å². The van der Waals surface area contributed by atoms with E-state index in [1.807, 2.05) is 6.08 Å². The lowest BCUT2D eigenvalue weighted by Crippen LogP contribution is -1.80. The van der Waals surface area contributed by atoms with Gasteiger partial charge in [0.05, 0.1) is 0 Å². The number of aliphatic hydroxyl groups is 1. The van der Waals surface area contributed by atoms with Gasteiger partial charge in [0.2, 0.25) is 0 Å². The standard InChI is InChI=1S/C6H7O/c7-6-4-2-1-3-5-6/h2,4,7H,1,3H2. The molecule has 0 aliphatic heterocycles. The van der Waals surface area contributed by atoms with Gasteiger partial charge in [0.15, 0.2) is 0 Å². The second-order valence-electron chi connectivity index (χ2n) is 1.50. The van der Waals surface area contributed by atoms with Crippen molar-refractivity contribution >= 4 is 0 Å². The molecule has 1 aliphatic rings. The van der Waals surface area contributed by atoms with Crippen LogP contribution in [0.4, 0.5) is 0 Å². The maximum atomic E-state index is 8.63. The van der Waals surface area contributed by atoms with Crippen molar-refractivity contribution in [2.75, 3.05) is 0 Å². The molecule has 0 spiro atoms. The quantitative estimate of drug-likeness (QED) is 0.484. The molecule has 1 nitrogen and oxygen atoms in total. The van der Waals surface area contributed by atoms with E-state index in [9.17, 15) is 0 Å². The van der Waals surface area contributed by atoms with E-state index in [1.54, 1.807) is 6.08 Å². The molecule has 1 radical (unpaired) electrons. The zero-order chi connectivity index (χ0) is 5.11. The molecule has 1 aliphatic carbocycles. The smallest absolute Gasteiger partial charge is 0.118 e. The Kier molecular flexibility index (Phi) is 1.16. The van der Waals surface area contributed by atoms with Gasteiger partial charge in [0, 0.05) is 6.08 Å². The molecule has 7 heavy (non-hydrogen) atoms. The number of aliphatic hydroxyl groups excluding tert-OH is 1. The summed E-state index contributed by atoms with van der Waals surface area (Å²) < 4.78 is 0. The first-order chi connectivity index (χ1) is 3.39.